The Bertz CT molecular complexity index is 3.61. The number of hydrogen-bond acceptors (Lipinski definition) is 0. The van der Waals surface area contributed by atoms with Gasteiger partial charge in [-0.05, 0) is 0 Å². The summed E-state index contributed by atoms with van der Waals surface area (Å²) in [5.41, 5.74) is 0. The van der Waals surface area contributed by atoms with Gasteiger partial charge in [-0.25, -0.2) is 0 Å². The van der Waals surface area contributed by atoms with Crippen molar-refractivity contribution in [3.63, 3.8) is 0 Å². The van der Waals surface area contributed by atoms with Crippen LogP contribution in [0.5, 0.6) is 0 Å². The molecule has 0 atom stereocenters. The van der Waals surface area contributed by atoms with Crippen molar-refractivity contribution in [3.8, 4) is 0 Å². The summed E-state index contributed by atoms with van der Waals surface area (Å²) in [6.07, 6.45) is 0. The monoisotopic (exact) mass is 98.0 g/mol. The topological polar surface area (TPSA) is 0 Å². The summed E-state index contributed by atoms with van der Waals surface area (Å²) in [5.74, 6) is 0. The van der Waals surface area contributed by atoms with Crippen molar-refractivity contribution in [1.82, 2.24) is 0 Å². The summed E-state index contributed by atoms with van der Waals surface area (Å²) in [5, 5.41) is 0. The van der Waals surface area contributed by atoms with Crippen LogP contribution in [-0.2, 0) is 0 Å². The van der Waals surface area contributed by atoms with Crippen LogP contribution in [0.1, 0.15) is 13.8 Å². The summed E-state index contributed by atoms with van der Waals surface area (Å²) in [4.78, 5) is 0. The van der Waals surface area contributed by atoms with Crippen LogP contribution in [-0.4, -0.2) is 0 Å². The molecule has 0 aromatic rings. The van der Waals surface area contributed by atoms with E-state index in [0.717, 1.165) is 0 Å². The maximum Gasteiger partial charge on any atom is 0 e. The molecule has 0 heterocycles. The fraction of sp³-hybridized carbons (Fsp3) is 0.500. The van der Waals surface area contributed by atoms with Gasteiger partial charge in [0.25, 0.3) is 0 Å². The predicted molar refractivity (Wildman–Crippen MR) is 22.6 cm³/mol. The zero-order valence-corrected chi connectivity index (χ0v) is 4.47. The maximum absolute atomic E-state index is 3.00. The molecule has 0 aromatic heterocycles. The van der Waals surface area contributed by atoms with Crippen LogP contribution >= 0.6 is 0 Å². The van der Waals surface area contributed by atoms with E-state index in [2.05, 4.69) is 13.2 Å². The Balaban J connectivity index is -0.0000000133. The summed E-state index contributed by atoms with van der Waals surface area (Å²) >= 11 is 0. The van der Waals surface area contributed by atoms with E-state index in [4.69, 9.17) is 0 Å². The van der Waals surface area contributed by atoms with E-state index >= 15 is 0 Å². The van der Waals surface area contributed by atoms with Gasteiger partial charge in [0.15, 0.2) is 0 Å². The molecule has 0 bridgehead atoms. The first-order valence-electron chi connectivity index (χ1n) is 1.50. The van der Waals surface area contributed by atoms with Gasteiger partial charge in [0.05, 0.1) is 0 Å². The minimum absolute atomic E-state index is 0. The average molecular weight is 98.1 g/mol. The molecular weight excluding hydrogens is 88.0 g/mol. The SMILES string of the molecule is C=C.CC.[Ar]. The van der Waals surface area contributed by atoms with E-state index in [0.29, 0.717) is 0 Å². The molecule has 34 valence electrons. The standard InChI is InChI=1S/C2H6.C2H4.Ar/c2*1-2;/h1-2H3;1-2H2;. The Labute approximate surface area is 64.3 Å². The molecule has 0 unspecified atom stereocenters. The van der Waals surface area contributed by atoms with Gasteiger partial charge >= 0.3 is 0 Å². The summed E-state index contributed by atoms with van der Waals surface area (Å²) in [6, 6.07) is 0. The van der Waals surface area contributed by atoms with Crippen molar-refractivity contribution >= 4 is 0 Å². The fourth-order valence-electron chi connectivity index (χ4n) is 0. The van der Waals surface area contributed by atoms with Gasteiger partial charge < -0.3 is 0 Å². The van der Waals surface area contributed by atoms with Gasteiger partial charge in [-0.2, -0.15) is 0 Å². The van der Waals surface area contributed by atoms with Gasteiger partial charge in [-0.15, -0.1) is 13.2 Å². The minimum Gasteiger partial charge on any atom is -0.106 e. The Morgan fingerprint density at radius 1 is 1.00 bits per heavy atom. The van der Waals surface area contributed by atoms with Crippen LogP contribution in [0.15, 0.2) is 13.2 Å². The first-order chi connectivity index (χ1) is 2.00. The van der Waals surface area contributed by atoms with Crippen molar-refractivity contribution in [1.29, 1.82) is 0 Å². The van der Waals surface area contributed by atoms with Crippen LogP contribution in [0.2, 0.25) is 0 Å². The Hall–Kier alpha value is 1.000. The minimum atomic E-state index is 0. The fourth-order valence-corrected chi connectivity index (χ4v) is 0. The van der Waals surface area contributed by atoms with E-state index in [1.807, 2.05) is 13.8 Å². The van der Waals surface area contributed by atoms with E-state index in [9.17, 15) is 0 Å². The van der Waals surface area contributed by atoms with Crippen molar-refractivity contribution < 1.29 is 37.7 Å². The second kappa shape index (κ2) is 80.0. The van der Waals surface area contributed by atoms with Crippen molar-refractivity contribution in [2.24, 2.45) is 0 Å². The summed E-state index contributed by atoms with van der Waals surface area (Å²) in [6.45, 7) is 10.0. The molecule has 0 amide bonds. The smallest absolute Gasteiger partial charge is 0 e. The van der Waals surface area contributed by atoms with Gasteiger partial charge in [0.1, 0.15) is 0 Å². The van der Waals surface area contributed by atoms with Crippen LogP contribution < -0.4 is 0 Å². The molecule has 0 aliphatic heterocycles. The van der Waals surface area contributed by atoms with Gasteiger partial charge in [-0.1, -0.05) is 13.8 Å². The quantitative estimate of drug-likeness (QED) is 0.405. The molecule has 0 saturated heterocycles. The first-order valence-corrected chi connectivity index (χ1v) is 1.50. The third-order valence-corrected chi connectivity index (χ3v) is 0. The molecule has 0 spiro atoms. The van der Waals surface area contributed by atoms with E-state index in [-0.39, 0.29) is 37.7 Å². The Kier molecular flexibility index (Phi) is 267. The van der Waals surface area contributed by atoms with Crippen molar-refractivity contribution in [2.45, 2.75) is 13.8 Å². The zero-order valence-electron chi connectivity index (χ0n) is 3.77. The number of hydrogen-bond donors (Lipinski definition) is 0. The summed E-state index contributed by atoms with van der Waals surface area (Å²) < 4.78 is 0. The predicted octanol–water partition coefficient (Wildman–Crippen LogP) is 1.83. The van der Waals surface area contributed by atoms with Crippen molar-refractivity contribution in [2.75, 3.05) is 0 Å². The largest absolute Gasteiger partial charge is 0.106 e. The molecule has 0 saturated carbocycles. The third-order valence-electron chi connectivity index (χ3n) is 0. The molecule has 0 aliphatic rings. The van der Waals surface area contributed by atoms with Gasteiger partial charge in [0.2, 0.25) is 0 Å². The van der Waals surface area contributed by atoms with E-state index < -0.39 is 0 Å². The molecule has 5 heavy (non-hydrogen) atoms. The Morgan fingerprint density at radius 3 is 1.00 bits per heavy atom. The molecule has 0 rings (SSSR count). The molecule has 1 heteroatoms. The molecule has 0 radical (unpaired) electrons. The van der Waals surface area contributed by atoms with Crippen LogP contribution in [0.4, 0.5) is 0 Å². The van der Waals surface area contributed by atoms with Crippen LogP contribution in [0.3, 0.4) is 0 Å². The molecule has 0 N–H and O–H groups in total. The first kappa shape index (κ1) is 16.7. The summed E-state index contributed by atoms with van der Waals surface area (Å²) in [7, 11) is 0. The molecule has 0 fully saturated rings. The van der Waals surface area contributed by atoms with Gasteiger partial charge in [0, 0.05) is 37.7 Å². The molecular formula is C4H10Ar. The molecule has 0 aliphatic carbocycles. The van der Waals surface area contributed by atoms with Crippen LogP contribution in [0.25, 0.3) is 0 Å². The normalized spacial score (nSPS) is 2.00. The van der Waals surface area contributed by atoms with Crippen LogP contribution in [0, 0.1) is 37.7 Å². The zero-order chi connectivity index (χ0) is 4.00. The Morgan fingerprint density at radius 2 is 1.00 bits per heavy atom. The molecule has 0 nitrogen and oxygen atoms in total. The second-order valence-corrected chi connectivity index (χ2v) is 0. The van der Waals surface area contributed by atoms with Gasteiger partial charge in [-0.3, -0.25) is 0 Å². The van der Waals surface area contributed by atoms with E-state index in [1.54, 1.807) is 0 Å². The average Bonchev–Trinajstić information content (AvgIpc) is 1.50. The number of rotatable bonds is 0. The van der Waals surface area contributed by atoms with Crippen molar-refractivity contribution in [3.05, 3.63) is 13.2 Å². The maximum atomic E-state index is 3.00. The van der Waals surface area contributed by atoms with E-state index in [1.165, 1.54) is 0 Å². The second-order valence-electron chi connectivity index (χ2n) is 0. The third kappa shape index (κ3) is 45.0. The molecule has 0 aromatic carbocycles.